The second-order valence-corrected chi connectivity index (χ2v) is 6.34. The average Bonchev–Trinajstić information content (AvgIpc) is 2.74. The van der Waals surface area contributed by atoms with Crippen LogP contribution in [0.15, 0.2) is 42.5 Å². The SMILES string of the molecule is CC1(C)Cc2cc(C(N)Cc3ccc(F)cc3)ccc2O1. The van der Waals surface area contributed by atoms with E-state index in [-0.39, 0.29) is 17.5 Å². The van der Waals surface area contributed by atoms with Crippen LogP contribution in [0, 0.1) is 5.82 Å². The monoisotopic (exact) mass is 285 g/mol. The van der Waals surface area contributed by atoms with E-state index in [1.807, 2.05) is 12.1 Å². The lowest BCUT2D eigenvalue weighted by atomic mass is 9.95. The van der Waals surface area contributed by atoms with Crippen molar-refractivity contribution in [2.45, 2.75) is 38.3 Å². The number of nitrogens with two attached hydrogens (primary N) is 1. The molecule has 0 amide bonds. The number of ether oxygens (including phenoxy) is 1. The van der Waals surface area contributed by atoms with Gasteiger partial charge in [-0.1, -0.05) is 24.3 Å². The second-order valence-electron chi connectivity index (χ2n) is 6.34. The number of halogens is 1. The Labute approximate surface area is 124 Å². The standard InChI is InChI=1S/C18H20FNO/c1-18(2)11-14-10-13(5-8-17(14)21-18)16(20)9-12-3-6-15(19)7-4-12/h3-8,10,16H,9,11,20H2,1-2H3. The zero-order valence-electron chi connectivity index (χ0n) is 12.4. The molecule has 1 atom stereocenters. The molecule has 21 heavy (non-hydrogen) atoms. The molecule has 0 aromatic heterocycles. The fourth-order valence-electron chi connectivity index (χ4n) is 2.85. The van der Waals surface area contributed by atoms with E-state index >= 15 is 0 Å². The Bertz CT molecular complexity index is 649. The topological polar surface area (TPSA) is 35.2 Å². The lowest BCUT2D eigenvalue weighted by Crippen LogP contribution is -2.24. The molecule has 2 N–H and O–H groups in total. The summed E-state index contributed by atoms with van der Waals surface area (Å²) in [5.41, 5.74) is 9.51. The van der Waals surface area contributed by atoms with Crippen LogP contribution >= 0.6 is 0 Å². The Morgan fingerprint density at radius 3 is 2.62 bits per heavy atom. The average molecular weight is 285 g/mol. The summed E-state index contributed by atoms with van der Waals surface area (Å²) in [4.78, 5) is 0. The largest absolute Gasteiger partial charge is 0.487 e. The van der Waals surface area contributed by atoms with Crippen LogP contribution in [0.3, 0.4) is 0 Å². The number of benzene rings is 2. The number of hydrogen-bond acceptors (Lipinski definition) is 2. The third-order valence-corrected chi connectivity index (χ3v) is 3.88. The minimum absolute atomic E-state index is 0.0931. The van der Waals surface area contributed by atoms with Crippen LogP contribution in [0.1, 0.15) is 36.6 Å². The number of rotatable bonds is 3. The number of fused-ring (bicyclic) bond motifs is 1. The normalized spacial score (nSPS) is 17.1. The second kappa shape index (κ2) is 5.15. The number of hydrogen-bond donors (Lipinski definition) is 1. The smallest absolute Gasteiger partial charge is 0.123 e. The van der Waals surface area contributed by atoms with Gasteiger partial charge < -0.3 is 10.5 Å². The summed E-state index contributed by atoms with van der Waals surface area (Å²) >= 11 is 0. The van der Waals surface area contributed by atoms with Crippen molar-refractivity contribution in [1.82, 2.24) is 0 Å². The quantitative estimate of drug-likeness (QED) is 0.931. The molecule has 1 aliphatic heterocycles. The maximum atomic E-state index is 12.9. The maximum absolute atomic E-state index is 12.9. The first-order valence-electron chi connectivity index (χ1n) is 7.25. The van der Waals surface area contributed by atoms with Crippen molar-refractivity contribution in [2.24, 2.45) is 5.73 Å². The molecule has 0 aliphatic carbocycles. The van der Waals surface area contributed by atoms with Gasteiger partial charge >= 0.3 is 0 Å². The van der Waals surface area contributed by atoms with Gasteiger partial charge in [-0.3, -0.25) is 0 Å². The molecule has 1 unspecified atom stereocenters. The molecule has 2 aromatic carbocycles. The maximum Gasteiger partial charge on any atom is 0.123 e. The van der Waals surface area contributed by atoms with Crippen molar-refractivity contribution < 1.29 is 9.13 Å². The minimum Gasteiger partial charge on any atom is -0.487 e. The van der Waals surface area contributed by atoms with E-state index in [4.69, 9.17) is 10.5 Å². The molecule has 0 bridgehead atoms. The van der Waals surface area contributed by atoms with Crippen molar-refractivity contribution in [3.8, 4) is 5.75 Å². The summed E-state index contributed by atoms with van der Waals surface area (Å²) in [6, 6.07) is 12.6. The summed E-state index contributed by atoms with van der Waals surface area (Å²) in [7, 11) is 0. The fraction of sp³-hybridized carbons (Fsp3) is 0.333. The van der Waals surface area contributed by atoms with Crippen LogP contribution in [0.2, 0.25) is 0 Å². The summed E-state index contributed by atoms with van der Waals surface area (Å²) in [5.74, 6) is 0.738. The van der Waals surface area contributed by atoms with E-state index in [0.29, 0.717) is 6.42 Å². The predicted molar refractivity (Wildman–Crippen MR) is 81.9 cm³/mol. The summed E-state index contributed by atoms with van der Waals surface area (Å²) in [6.45, 7) is 4.18. The molecule has 3 heteroatoms. The van der Waals surface area contributed by atoms with Gasteiger partial charge in [0.05, 0.1) is 0 Å². The van der Waals surface area contributed by atoms with Gasteiger partial charge in [-0.2, -0.15) is 0 Å². The molecule has 0 radical (unpaired) electrons. The van der Waals surface area contributed by atoms with Gasteiger partial charge in [0, 0.05) is 12.5 Å². The van der Waals surface area contributed by atoms with Crippen molar-refractivity contribution in [2.75, 3.05) is 0 Å². The zero-order chi connectivity index (χ0) is 15.0. The highest BCUT2D eigenvalue weighted by molar-refractivity contribution is 5.43. The first-order valence-corrected chi connectivity index (χ1v) is 7.25. The molecule has 1 aliphatic rings. The Morgan fingerprint density at radius 2 is 1.90 bits per heavy atom. The van der Waals surface area contributed by atoms with Crippen LogP contribution in [-0.4, -0.2) is 5.60 Å². The predicted octanol–water partition coefficient (Wildman–Crippen LogP) is 3.78. The van der Waals surface area contributed by atoms with Gasteiger partial charge in [0.25, 0.3) is 0 Å². The molecule has 0 fully saturated rings. The molecule has 0 saturated carbocycles. The molecule has 2 aromatic rings. The Balaban J connectivity index is 1.77. The Hall–Kier alpha value is -1.87. The van der Waals surface area contributed by atoms with Crippen molar-refractivity contribution >= 4 is 0 Å². The van der Waals surface area contributed by atoms with Crippen LogP contribution in [-0.2, 0) is 12.8 Å². The molecular weight excluding hydrogens is 265 g/mol. The Morgan fingerprint density at radius 1 is 1.19 bits per heavy atom. The third-order valence-electron chi connectivity index (χ3n) is 3.88. The van der Waals surface area contributed by atoms with Gasteiger partial charge in [-0.05, 0) is 55.2 Å². The van der Waals surface area contributed by atoms with Crippen molar-refractivity contribution in [3.05, 3.63) is 65.0 Å². The van der Waals surface area contributed by atoms with E-state index in [0.717, 1.165) is 23.3 Å². The van der Waals surface area contributed by atoms with Crippen molar-refractivity contribution in [1.29, 1.82) is 0 Å². The fourth-order valence-corrected chi connectivity index (χ4v) is 2.85. The van der Waals surface area contributed by atoms with E-state index < -0.39 is 0 Å². The molecule has 110 valence electrons. The summed E-state index contributed by atoms with van der Waals surface area (Å²) in [6.07, 6.45) is 1.60. The van der Waals surface area contributed by atoms with Crippen LogP contribution < -0.4 is 10.5 Å². The first kappa shape index (κ1) is 14.1. The van der Waals surface area contributed by atoms with Gasteiger partial charge in [0.2, 0.25) is 0 Å². The van der Waals surface area contributed by atoms with Crippen LogP contribution in [0.5, 0.6) is 5.75 Å². The van der Waals surface area contributed by atoms with Gasteiger partial charge in [-0.25, -0.2) is 4.39 Å². The summed E-state index contributed by atoms with van der Waals surface area (Å²) < 4.78 is 18.8. The highest BCUT2D eigenvalue weighted by atomic mass is 19.1. The van der Waals surface area contributed by atoms with Gasteiger partial charge in [-0.15, -0.1) is 0 Å². The lowest BCUT2D eigenvalue weighted by Gasteiger charge is -2.16. The van der Waals surface area contributed by atoms with Gasteiger partial charge in [0.15, 0.2) is 0 Å². The third kappa shape index (κ3) is 3.08. The van der Waals surface area contributed by atoms with Crippen LogP contribution in [0.4, 0.5) is 4.39 Å². The Kier molecular flexibility index (Phi) is 3.46. The molecule has 1 heterocycles. The van der Waals surface area contributed by atoms with Crippen LogP contribution in [0.25, 0.3) is 0 Å². The zero-order valence-corrected chi connectivity index (χ0v) is 12.4. The molecule has 0 spiro atoms. The van der Waals surface area contributed by atoms with Gasteiger partial charge in [0.1, 0.15) is 17.2 Å². The van der Waals surface area contributed by atoms with E-state index in [1.165, 1.54) is 17.7 Å². The molecule has 0 saturated heterocycles. The van der Waals surface area contributed by atoms with E-state index in [9.17, 15) is 4.39 Å². The highest BCUT2D eigenvalue weighted by Crippen LogP contribution is 2.36. The molecule has 2 nitrogen and oxygen atoms in total. The highest BCUT2D eigenvalue weighted by Gasteiger charge is 2.30. The summed E-state index contributed by atoms with van der Waals surface area (Å²) in [5, 5.41) is 0. The van der Waals surface area contributed by atoms with Crippen molar-refractivity contribution in [3.63, 3.8) is 0 Å². The lowest BCUT2D eigenvalue weighted by molar-refractivity contribution is 0.138. The molecular formula is C18H20FNO. The first-order chi connectivity index (χ1) is 9.93. The minimum atomic E-state index is -0.218. The van der Waals surface area contributed by atoms with E-state index in [1.54, 1.807) is 12.1 Å². The van der Waals surface area contributed by atoms with E-state index in [2.05, 4.69) is 19.9 Å². The molecule has 3 rings (SSSR count).